The zero-order chi connectivity index (χ0) is 15.4. The SMILES string of the molecule is Cc1cccc(C=Nc2ccc(-c3ccccc3)cc2)c1O. The Kier molecular flexibility index (Phi) is 4.01. The van der Waals surface area contributed by atoms with Gasteiger partial charge < -0.3 is 5.11 Å². The van der Waals surface area contributed by atoms with Crippen molar-refractivity contribution in [3.05, 3.63) is 83.9 Å². The van der Waals surface area contributed by atoms with Crippen LogP contribution in [0.4, 0.5) is 5.69 Å². The van der Waals surface area contributed by atoms with Crippen molar-refractivity contribution in [2.75, 3.05) is 0 Å². The van der Waals surface area contributed by atoms with Crippen LogP contribution in [0, 0.1) is 6.92 Å². The highest BCUT2D eigenvalue weighted by Gasteiger charge is 2.01. The molecule has 0 aliphatic rings. The highest BCUT2D eigenvalue weighted by Crippen LogP contribution is 2.23. The Bertz CT molecular complexity index is 790. The molecule has 0 fully saturated rings. The van der Waals surface area contributed by atoms with Gasteiger partial charge in [-0.05, 0) is 41.8 Å². The van der Waals surface area contributed by atoms with E-state index in [1.807, 2.05) is 55.5 Å². The van der Waals surface area contributed by atoms with Crippen molar-refractivity contribution < 1.29 is 5.11 Å². The van der Waals surface area contributed by atoms with E-state index in [0.717, 1.165) is 22.4 Å². The van der Waals surface area contributed by atoms with Crippen molar-refractivity contribution in [3.8, 4) is 16.9 Å². The standard InChI is InChI=1S/C20H17NO/c1-15-6-5-9-18(20(15)22)14-21-19-12-10-17(11-13-19)16-7-3-2-4-8-16/h2-14,22H,1H3. The van der Waals surface area contributed by atoms with Gasteiger partial charge >= 0.3 is 0 Å². The Morgan fingerprint density at radius 3 is 2.18 bits per heavy atom. The number of aromatic hydroxyl groups is 1. The fraction of sp³-hybridized carbons (Fsp3) is 0.0500. The molecule has 0 aliphatic carbocycles. The Morgan fingerprint density at radius 1 is 0.773 bits per heavy atom. The minimum atomic E-state index is 0.284. The molecule has 0 bridgehead atoms. The first kappa shape index (κ1) is 14.1. The van der Waals surface area contributed by atoms with Crippen molar-refractivity contribution >= 4 is 11.9 Å². The molecule has 1 N–H and O–H groups in total. The third kappa shape index (κ3) is 3.07. The van der Waals surface area contributed by atoms with E-state index in [9.17, 15) is 5.11 Å². The van der Waals surface area contributed by atoms with Crippen molar-refractivity contribution in [2.45, 2.75) is 6.92 Å². The maximum Gasteiger partial charge on any atom is 0.127 e. The number of aryl methyl sites for hydroxylation is 1. The lowest BCUT2D eigenvalue weighted by Crippen LogP contribution is -1.84. The second kappa shape index (κ2) is 6.27. The molecule has 2 nitrogen and oxygen atoms in total. The number of aliphatic imine (C=N–C) groups is 1. The van der Waals surface area contributed by atoms with Crippen LogP contribution in [-0.2, 0) is 0 Å². The maximum atomic E-state index is 9.98. The van der Waals surface area contributed by atoms with E-state index in [2.05, 4.69) is 29.3 Å². The number of para-hydroxylation sites is 1. The third-order valence-electron chi connectivity index (χ3n) is 3.60. The van der Waals surface area contributed by atoms with Crippen LogP contribution in [0.3, 0.4) is 0 Å². The summed E-state index contributed by atoms with van der Waals surface area (Å²) in [6, 6.07) is 23.9. The molecule has 0 saturated heterocycles. The molecular weight excluding hydrogens is 270 g/mol. The molecule has 2 heteroatoms. The number of hydrogen-bond acceptors (Lipinski definition) is 2. The fourth-order valence-corrected chi connectivity index (χ4v) is 2.30. The van der Waals surface area contributed by atoms with E-state index in [4.69, 9.17) is 0 Å². The molecule has 0 spiro atoms. The summed E-state index contributed by atoms with van der Waals surface area (Å²) in [6.07, 6.45) is 1.69. The second-order valence-electron chi connectivity index (χ2n) is 5.18. The van der Waals surface area contributed by atoms with Gasteiger partial charge in [0.2, 0.25) is 0 Å². The van der Waals surface area contributed by atoms with E-state index >= 15 is 0 Å². The Balaban J connectivity index is 1.82. The van der Waals surface area contributed by atoms with E-state index in [1.54, 1.807) is 6.21 Å². The quantitative estimate of drug-likeness (QED) is 0.666. The number of nitrogens with zero attached hydrogens (tertiary/aromatic N) is 1. The summed E-state index contributed by atoms with van der Waals surface area (Å²) in [6.45, 7) is 1.88. The zero-order valence-electron chi connectivity index (χ0n) is 12.4. The summed E-state index contributed by atoms with van der Waals surface area (Å²) in [5.74, 6) is 0.284. The van der Waals surface area contributed by atoms with Gasteiger partial charge in [-0.15, -0.1) is 0 Å². The van der Waals surface area contributed by atoms with Crippen molar-refractivity contribution in [1.82, 2.24) is 0 Å². The summed E-state index contributed by atoms with van der Waals surface area (Å²) in [4.78, 5) is 4.43. The smallest absolute Gasteiger partial charge is 0.127 e. The van der Waals surface area contributed by atoms with Gasteiger partial charge in [-0.3, -0.25) is 4.99 Å². The Labute approximate surface area is 130 Å². The number of benzene rings is 3. The highest BCUT2D eigenvalue weighted by atomic mass is 16.3. The predicted molar refractivity (Wildman–Crippen MR) is 92.0 cm³/mol. The van der Waals surface area contributed by atoms with Gasteiger partial charge in [0.15, 0.2) is 0 Å². The topological polar surface area (TPSA) is 32.6 Å². The van der Waals surface area contributed by atoms with E-state index < -0.39 is 0 Å². The summed E-state index contributed by atoms with van der Waals surface area (Å²) in [7, 11) is 0. The molecule has 0 atom stereocenters. The van der Waals surface area contributed by atoms with Crippen LogP contribution in [0.5, 0.6) is 5.75 Å². The molecular formula is C20H17NO. The predicted octanol–water partition coefficient (Wildman–Crippen LogP) is 5.12. The normalized spacial score (nSPS) is 11.0. The molecule has 0 radical (unpaired) electrons. The molecule has 3 rings (SSSR count). The van der Waals surface area contributed by atoms with Crippen LogP contribution in [0.1, 0.15) is 11.1 Å². The van der Waals surface area contributed by atoms with Gasteiger partial charge in [-0.2, -0.15) is 0 Å². The van der Waals surface area contributed by atoms with Gasteiger partial charge in [-0.25, -0.2) is 0 Å². The van der Waals surface area contributed by atoms with Gasteiger partial charge in [0.25, 0.3) is 0 Å². The number of phenolic OH excluding ortho intramolecular Hbond substituents is 1. The summed E-state index contributed by atoms with van der Waals surface area (Å²) in [5.41, 5.74) is 4.79. The van der Waals surface area contributed by atoms with Gasteiger partial charge in [0.05, 0.1) is 5.69 Å². The Morgan fingerprint density at radius 2 is 1.45 bits per heavy atom. The molecule has 3 aromatic carbocycles. The van der Waals surface area contributed by atoms with E-state index in [-0.39, 0.29) is 5.75 Å². The zero-order valence-corrected chi connectivity index (χ0v) is 12.4. The monoisotopic (exact) mass is 287 g/mol. The van der Waals surface area contributed by atoms with Crippen LogP contribution < -0.4 is 0 Å². The van der Waals surface area contributed by atoms with E-state index in [0.29, 0.717) is 0 Å². The molecule has 0 aliphatic heterocycles. The third-order valence-corrected chi connectivity index (χ3v) is 3.60. The maximum absolute atomic E-state index is 9.98. The molecule has 0 saturated carbocycles. The molecule has 3 aromatic rings. The second-order valence-corrected chi connectivity index (χ2v) is 5.18. The van der Waals surface area contributed by atoms with Crippen LogP contribution in [-0.4, -0.2) is 11.3 Å². The molecule has 108 valence electrons. The summed E-state index contributed by atoms with van der Waals surface area (Å²) < 4.78 is 0. The van der Waals surface area contributed by atoms with Crippen molar-refractivity contribution in [1.29, 1.82) is 0 Å². The van der Waals surface area contributed by atoms with Gasteiger partial charge in [0, 0.05) is 11.8 Å². The number of hydrogen-bond donors (Lipinski definition) is 1. The fourth-order valence-electron chi connectivity index (χ4n) is 2.30. The number of rotatable bonds is 3. The first-order valence-electron chi connectivity index (χ1n) is 7.22. The number of phenols is 1. The largest absolute Gasteiger partial charge is 0.507 e. The van der Waals surface area contributed by atoms with Crippen LogP contribution in [0.2, 0.25) is 0 Å². The molecule has 0 aromatic heterocycles. The lowest BCUT2D eigenvalue weighted by molar-refractivity contribution is 0.470. The highest BCUT2D eigenvalue weighted by molar-refractivity contribution is 5.86. The Hall–Kier alpha value is -2.87. The lowest BCUT2D eigenvalue weighted by atomic mass is 10.1. The molecule has 22 heavy (non-hydrogen) atoms. The van der Waals surface area contributed by atoms with Crippen molar-refractivity contribution in [2.24, 2.45) is 4.99 Å². The summed E-state index contributed by atoms with van der Waals surface area (Å²) in [5, 5.41) is 9.98. The first-order valence-corrected chi connectivity index (χ1v) is 7.22. The van der Waals surface area contributed by atoms with Gasteiger partial charge in [0.1, 0.15) is 5.75 Å². The molecule has 0 unspecified atom stereocenters. The van der Waals surface area contributed by atoms with E-state index in [1.165, 1.54) is 5.56 Å². The van der Waals surface area contributed by atoms with Crippen molar-refractivity contribution in [3.63, 3.8) is 0 Å². The minimum absolute atomic E-state index is 0.284. The van der Waals surface area contributed by atoms with Crippen LogP contribution >= 0.6 is 0 Å². The minimum Gasteiger partial charge on any atom is -0.507 e. The summed E-state index contributed by atoms with van der Waals surface area (Å²) >= 11 is 0. The average molecular weight is 287 g/mol. The van der Waals surface area contributed by atoms with Gasteiger partial charge in [-0.1, -0.05) is 54.6 Å². The molecule has 0 heterocycles. The van der Waals surface area contributed by atoms with Crippen LogP contribution in [0.25, 0.3) is 11.1 Å². The average Bonchev–Trinajstić information content (AvgIpc) is 2.57. The molecule has 0 amide bonds. The lowest BCUT2D eigenvalue weighted by Gasteiger charge is -2.03. The van der Waals surface area contributed by atoms with Crippen LogP contribution in [0.15, 0.2) is 77.8 Å². The first-order chi connectivity index (χ1) is 10.7.